The summed E-state index contributed by atoms with van der Waals surface area (Å²) in [6, 6.07) is 14.3. The second-order valence-corrected chi connectivity index (χ2v) is 3.69. The predicted octanol–water partition coefficient (Wildman–Crippen LogP) is 3.33. The van der Waals surface area contributed by atoms with Crippen molar-refractivity contribution >= 4 is 0 Å². The lowest BCUT2D eigenvalue weighted by atomic mass is 10.1. The minimum Gasteiger partial charge on any atom is -0.449 e. The van der Waals surface area contributed by atoms with E-state index in [2.05, 4.69) is 0 Å². The highest BCUT2D eigenvalue weighted by Gasteiger charge is 2.23. The second-order valence-electron chi connectivity index (χ2n) is 3.69. The summed E-state index contributed by atoms with van der Waals surface area (Å²) in [7, 11) is 0. The van der Waals surface area contributed by atoms with Gasteiger partial charge in [0.05, 0.1) is 5.56 Å². The van der Waals surface area contributed by atoms with Crippen molar-refractivity contribution in [2.24, 2.45) is 0 Å². The molecule has 4 heteroatoms. The van der Waals surface area contributed by atoms with Crippen molar-refractivity contribution in [1.82, 2.24) is 0 Å². The van der Waals surface area contributed by atoms with Gasteiger partial charge in [0.2, 0.25) is 0 Å². The highest BCUT2D eigenvalue weighted by atomic mass is 16.6. The maximum atomic E-state index is 9.12. The predicted molar refractivity (Wildman–Crippen MR) is 62.5 cm³/mol. The Labute approximate surface area is 103 Å². The van der Waals surface area contributed by atoms with Crippen molar-refractivity contribution in [3.63, 3.8) is 0 Å². The largest absolute Gasteiger partial charge is 0.449 e. The highest BCUT2D eigenvalue weighted by Crippen LogP contribution is 2.47. The van der Waals surface area contributed by atoms with Crippen LogP contribution in [-0.4, -0.2) is 0 Å². The first-order valence-corrected chi connectivity index (χ1v) is 5.25. The van der Waals surface area contributed by atoms with Crippen LogP contribution in [-0.2, 0) is 0 Å². The summed E-state index contributed by atoms with van der Waals surface area (Å²) < 4.78 is 11.3. The third kappa shape index (κ3) is 1.37. The van der Waals surface area contributed by atoms with Gasteiger partial charge in [-0.2, -0.15) is 10.5 Å². The van der Waals surface area contributed by atoms with Crippen LogP contribution in [0.1, 0.15) is 11.1 Å². The van der Waals surface area contributed by atoms with Gasteiger partial charge in [0.15, 0.2) is 23.0 Å². The van der Waals surface area contributed by atoms with Crippen molar-refractivity contribution in [2.45, 2.75) is 0 Å². The van der Waals surface area contributed by atoms with E-state index in [0.717, 1.165) is 0 Å². The summed E-state index contributed by atoms with van der Waals surface area (Å²) in [5.41, 5.74) is 0.476. The zero-order chi connectivity index (χ0) is 12.5. The van der Waals surface area contributed by atoms with Gasteiger partial charge in [-0.1, -0.05) is 12.1 Å². The molecule has 0 aromatic heterocycles. The molecule has 84 valence electrons. The Kier molecular flexibility index (Phi) is 2.15. The first kappa shape index (κ1) is 10.2. The molecule has 1 heterocycles. The number of para-hydroxylation sites is 2. The van der Waals surface area contributed by atoms with Crippen LogP contribution >= 0.6 is 0 Å². The Morgan fingerprint density at radius 3 is 2.17 bits per heavy atom. The SMILES string of the molecule is N#Cc1ccc2c(c1C#N)Oc1ccccc1O2. The number of nitrogens with zero attached hydrogens (tertiary/aromatic N) is 2. The zero-order valence-electron chi connectivity index (χ0n) is 9.18. The molecule has 1 aliphatic rings. The minimum absolute atomic E-state index is 0.199. The summed E-state index contributed by atoms with van der Waals surface area (Å²) in [6.45, 7) is 0. The number of nitriles is 2. The van der Waals surface area contributed by atoms with E-state index in [4.69, 9.17) is 20.0 Å². The molecule has 0 unspecified atom stereocenters. The molecule has 3 rings (SSSR count). The molecular formula is C14H6N2O2. The number of hydrogen-bond donors (Lipinski definition) is 0. The molecule has 0 saturated heterocycles. The fraction of sp³-hybridized carbons (Fsp3) is 0. The maximum Gasteiger partial charge on any atom is 0.189 e. The zero-order valence-corrected chi connectivity index (χ0v) is 9.18. The summed E-state index contributed by atoms with van der Waals surface area (Å²) in [5.74, 6) is 1.88. The normalized spacial score (nSPS) is 11.0. The monoisotopic (exact) mass is 234 g/mol. The Bertz CT molecular complexity index is 724. The van der Waals surface area contributed by atoms with E-state index in [1.54, 1.807) is 24.3 Å². The molecule has 4 nitrogen and oxygen atoms in total. The van der Waals surface area contributed by atoms with Gasteiger partial charge in [-0.25, -0.2) is 0 Å². The molecule has 0 aliphatic carbocycles. The number of ether oxygens (including phenoxy) is 2. The lowest BCUT2D eigenvalue weighted by Gasteiger charge is -2.21. The number of benzene rings is 2. The molecule has 18 heavy (non-hydrogen) atoms. The third-order valence-corrected chi connectivity index (χ3v) is 2.63. The van der Waals surface area contributed by atoms with E-state index in [1.165, 1.54) is 0 Å². The first-order valence-electron chi connectivity index (χ1n) is 5.25. The van der Waals surface area contributed by atoms with Gasteiger partial charge in [-0.05, 0) is 24.3 Å². The molecule has 1 aliphatic heterocycles. The Balaban J connectivity index is 2.20. The molecule has 0 spiro atoms. The van der Waals surface area contributed by atoms with E-state index < -0.39 is 0 Å². The Morgan fingerprint density at radius 1 is 0.778 bits per heavy atom. The van der Waals surface area contributed by atoms with Gasteiger partial charge >= 0.3 is 0 Å². The van der Waals surface area contributed by atoms with E-state index in [9.17, 15) is 0 Å². The molecule has 2 aromatic rings. The van der Waals surface area contributed by atoms with Crippen LogP contribution < -0.4 is 9.47 Å². The van der Waals surface area contributed by atoms with E-state index in [1.807, 2.05) is 24.3 Å². The van der Waals surface area contributed by atoms with Crippen LogP contribution in [0.15, 0.2) is 36.4 Å². The number of fused-ring (bicyclic) bond motifs is 2. The van der Waals surface area contributed by atoms with Crippen LogP contribution in [0, 0.1) is 22.7 Å². The molecule has 0 saturated carbocycles. The summed E-state index contributed by atoms with van der Waals surface area (Å²) in [6.07, 6.45) is 0. The molecule has 0 atom stereocenters. The smallest absolute Gasteiger partial charge is 0.189 e. The fourth-order valence-corrected chi connectivity index (χ4v) is 1.80. The van der Waals surface area contributed by atoms with Crippen molar-refractivity contribution in [1.29, 1.82) is 10.5 Å². The minimum atomic E-state index is 0.199. The average molecular weight is 234 g/mol. The van der Waals surface area contributed by atoms with Gasteiger partial charge in [0.25, 0.3) is 0 Å². The van der Waals surface area contributed by atoms with Gasteiger partial charge in [0.1, 0.15) is 17.7 Å². The van der Waals surface area contributed by atoms with Crippen molar-refractivity contribution in [2.75, 3.05) is 0 Å². The molecule has 0 bridgehead atoms. The van der Waals surface area contributed by atoms with Crippen LogP contribution in [0.2, 0.25) is 0 Å². The molecule has 0 fully saturated rings. The van der Waals surface area contributed by atoms with Gasteiger partial charge in [0, 0.05) is 0 Å². The van der Waals surface area contributed by atoms with Crippen LogP contribution in [0.25, 0.3) is 0 Å². The lowest BCUT2D eigenvalue weighted by Crippen LogP contribution is -2.01. The van der Waals surface area contributed by atoms with E-state index >= 15 is 0 Å². The lowest BCUT2D eigenvalue weighted by molar-refractivity contribution is 0.358. The number of hydrogen-bond acceptors (Lipinski definition) is 4. The highest BCUT2D eigenvalue weighted by molar-refractivity contribution is 5.64. The second kappa shape index (κ2) is 3.80. The number of rotatable bonds is 0. The fourth-order valence-electron chi connectivity index (χ4n) is 1.80. The topological polar surface area (TPSA) is 66.0 Å². The summed E-state index contributed by atoms with van der Waals surface area (Å²) >= 11 is 0. The summed E-state index contributed by atoms with van der Waals surface area (Å²) in [4.78, 5) is 0. The molecular weight excluding hydrogens is 228 g/mol. The Hall–Kier alpha value is -2.98. The average Bonchev–Trinajstić information content (AvgIpc) is 2.43. The first-order chi connectivity index (χ1) is 8.83. The van der Waals surface area contributed by atoms with Crippen molar-refractivity contribution in [3.8, 4) is 35.1 Å². The van der Waals surface area contributed by atoms with Crippen LogP contribution in [0.4, 0.5) is 0 Å². The van der Waals surface area contributed by atoms with Gasteiger partial charge in [-0.3, -0.25) is 0 Å². The molecule has 2 aromatic carbocycles. The van der Waals surface area contributed by atoms with Gasteiger partial charge < -0.3 is 9.47 Å². The van der Waals surface area contributed by atoms with Gasteiger partial charge in [-0.15, -0.1) is 0 Å². The maximum absolute atomic E-state index is 9.12. The summed E-state index contributed by atoms with van der Waals surface area (Å²) in [5, 5.41) is 18.1. The van der Waals surface area contributed by atoms with Crippen molar-refractivity contribution in [3.05, 3.63) is 47.5 Å². The third-order valence-electron chi connectivity index (χ3n) is 2.63. The van der Waals surface area contributed by atoms with Crippen LogP contribution in [0.3, 0.4) is 0 Å². The van der Waals surface area contributed by atoms with Crippen LogP contribution in [0.5, 0.6) is 23.0 Å². The van der Waals surface area contributed by atoms with Crippen molar-refractivity contribution < 1.29 is 9.47 Å². The molecule has 0 amide bonds. The standard InChI is InChI=1S/C14H6N2O2/c15-7-9-5-6-13-14(10(9)8-16)18-12-4-2-1-3-11(12)17-13/h1-6H. The van der Waals surface area contributed by atoms with E-state index in [0.29, 0.717) is 23.0 Å². The van der Waals surface area contributed by atoms with E-state index in [-0.39, 0.29) is 11.1 Å². The Morgan fingerprint density at radius 2 is 1.50 bits per heavy atom. The quantitative estimate of drug-likeness (QED) is 0.598. The molecule has 0 radical (unpaired) electrons. The molecule has 0 N–H and O–H groups in total.